The number of likely N-dealkylation sites (N-methyl/N-ethyl adjacent to an activating group) is 1. The third kappa shape index (κ3) is 4.08. The Hall–Kier alpha value is -2.74. The average molecular weight is 454 g/mol. The fraction of sp³-hybridized carbons (Fsp3) is 0.167. The molecular weight excluding hydrogens is 430 g/mol. The predicted octanol–water partition coefficient (Wildman–Crippen LogP) is 3.87. The van der Waals surface area contributed by atoms with Crippen molar-refractivity contribution in [2.45, 2.75) is 21.1 Å². The summed E-state index contributed by atoms with van der Waals surface area (Å²) in [5.74, 6) is 0. The van der Waals surface area contributed by atoms with E-state index in [0.717, 1.165) is 5.56 Å². The third-order valence-corrected chi connectivity index (χ3v) is 9.36. The van der Waals surface area contributed by atoms with Crippen molar-refractivity contribution >= 4 is 19.7 Å². The molecule has 160 valence electrons. The zero-order valence-corrected chi connectivity index (χ0v) is 18.6. The SMILES string of the molecule is CN1CC(S(=O)(=O)c2ccccc2)C=C(S(=O)(=O)c2ccccc2)C1c1ccccc1. The van der Waals surface area contributed by atoms with Gasteiger partial charge in [-0.15, -0.1) is 0 Å². The Morgan fingerprint density at radius 3 is 1.74 bits per heavy atom. The van der Waals surface area contributed by atoms with Crippen molar-refractivity contribution in [3.05, 3.63) is 108 Å². The van der Waals surface area contributed by atoms with E-state index in [1.54, 1.807) is 48.3 Å². The lowest BCUT2D eigenvalue weighted by Crippen LogP contribution is -2.42. The van der Waals surface area contributed by atoms with E-state index in [0.29, 0.717) is 0 Å². The van der Waals surface area contributed by atoms with Crippen LogP contribution < -0.4 is 0 Å². The van der Waals surface area contributed by atoms with Crippen LogP contribution in [0.15, 0.2) is 112 Å². The number of nitrogens with zero attached hydrogens (tertiary/aromatic N) is 1. The van der Waals surface area contributed by atoms with Gasteiger partial charge in [-0.1, -0.05) is 66.7 Å². The number of rotatable bonds is 5. The summed E-state index contributed by atoms with van der Waals surface area (Å²) >= 11 is 0. The van der Waals surface area contributed by atoms with Crippen molar-refractivity contribution in [1.82, 2.24) is 4.90 Å². The fourth-order valence-corrected chi connectivity index (χ4v) is 7.40. The van der Waals surface area contributed by atoms with Crippen LogP contribution in [0, 0.1) is 0 Å². The minimum atomic E-state index is -3.91. The Morgan fingerprint density at radius 1 is 0.710 bits per heavy atom. The molecule has 2 atom stereocenters. The highest BCUT2D eigenvalue weighted by atomic mass is 32.2. The van der Waals surface area contributed by atoms with Gasteiger partial charge < -0.3 is 0 Å². The summed E-state index contributed by atoms with van der Waals surface area (Å²) < 4.78 is 53.9. The lowest BCUT2D eigenvalue weighted by Gasteiger charge is -2.37. The molecule has 7 heteroatoms. The van der Waals surface area contributed by atoms with E-state index >= 15 is 0 Å². The summed E-state index contributed by atoms with van der Waals surface area (Å²) in [6.07, 6.45) is 1.43. The molecule has 1 heterocycles. The molecule has 3 aromatic rings. The molecule has 31 heavy (non-hydrogen) atoms. The highest BCUT2D eigenvalue weighted by Crippen LogP contribution is 2.39. The summed E-state index contributed by atoms with van der Waals surface area (Å²) in [5, 5.41) is -0.978. The van der Waals surface area contributed by atoms with Crippen LogP contribution in [0.3, 0.4) is 0 Å². The number of sulfone groups is 2. The minimum absolute atomic E-state index is 0.0863. The molecule has 0 amide bonds. The van der Waals surface area contributed by atoms with Crippen molar-refractivity contribution in [1.29, 1.82) is 0 Å². The highest BCUT2D eigenvalue weighted by Gasteiger charge is 2.40. The first-order valence-corrected chi connectivity index (χ1v) is 12.9. The molecule has 1 aliphatic heterocycles. The highest BCUT2D eigenvalue weighted by molar-refractivity contribution is 7.95. The fourth-order valence-electron chi connectivity index (χ4n) is 3.93. The second-order valence-corrected chi connectivity index (χ2v) is 11.7. The van der Waals surface area contributed by atoms with Gasteiger partial charge in [0.05, 0.1) is 26.0 Å². The van der Waals surface area contributed by atoms with Gasteiger partial charge in [-0.25, -0.2) is 16.8 Å². The molecule has 3 aromatic carbocycles. The minimum Gasteiger partial charge on any atom is -0.293 e. The molecule has 0 saturated carbocycles. The normalized spacial score (nSPS) is 20.2. The summed E-state index contributed by atoms with van der Waals surface area (Å²) in [6.45, 7) is 0.185. The van der Waals surface area contributed by atoms with Gasteiger partial charge in [0, 0.05) is 6.54 Å². The molecule has 0 aliphatic carbocycles. The first-order chi connectivity index (χ1) is 14.8. The Labute approximate surface area is 183 Å². The van der Waals surface area contributed by atoms with Gasteiger partial charge in [0.15, 0.2) is 9.84 Å². The van der Waals surface area contributed by atoms with E-state index in [2.05, 4.69) is 0 Å². The zero-order chi connectivity index (χ0) is 22.1. The predicted molar refractivity (Wildman–Crippen MR) is 121 cm³/mol. The first kappa shape index (κ1) is 21.5. The van der Waals surface area contributed by atoms with Gasteiger partial charge in [-0.05, 0) is 43.0 Å². The van der Waals surface area contributed by atoms with Crippen molar-refractivity contribution in [3.8, 4) is 0 Å². The number of benzene rings is 3. The Bertz CT molecular complexity index is 1290. The first-order valence-electron chi connectivity index (χ1n) is 9.88. The molecule has 1 aliphatic rings. The summed E-state index contributed by atoms with van der Waals surface area (Å²) in [6, 6.07) is 25.0. The number of hydrogen-bond acceptors (Lipinski definition) is 5. The molecule has 0 bridgehead atoms. The van der Waals surface area contributed by atoms with Gasteiger partial charge in [0.2, 0.25) is 9.84 Å². The lowest BCUT2D eigenvalue weighted by molar-refractivity contribution is 0.274. The van der Waals surface area contributed by atoms with E-state index in [4.69, 9.17) is 0 Å². The largest absolute Gasteiger partial charge is 0.293 e. The third-order valence-electron chi connectivity index (χ3n) is 5.48. The van der Waals surface area contributed by atoms with Crippen molar-refractivity contribution in [2.75, 3.05) is 13.6 Å². The molecule has 5 nitrogen and oxygen atoms in total. The molecule has 4 rings (SSSR count). The smallest absolute Gasteiger partial charge is 0.204 e. The molecule has 0 N–H and O–H groups in total. The second kappa shape index (κ2) is 8.42. The second-order valence-electron chi connectivity index (χ2n) is 7.53. The van der Waals surface area contributed by atoms with E-state index < -0.39 is 31.0 Å². The Morgan fingerprint density at radius 2 is 1.19 bits per heavy atom. The van der Waals surface area contributed by atoms with Crippen LogP contribution in [0.2, 0.25) is 0 Å². The average Bonchev–Trinajstić information content (AvgIpc) is 2.80. The van der Waals surface area contributed by atoms with E-state index in [-0.39, 0.29) is 21.2 Å². The molecule has 0 saturated heterocycles. The molecule has 2 unspecified atom stereocenters. The maximum atomic E-state index is 13.6. The van der Waals surface area contributed by atoms with Crippen LogP contribution >= 0.6 is 0 Å². The lowest BCUT2D eigenvalue weighted by atomic mass is 10.0. The molecule has 0 spiro atoms. The standard InChI is InChI=1S/C24H23NO4S2/c1-25-18-22(30(26,27)20-13-7-3-8-14-20)17-23(24(25)19-11-5-2-6-12-19)31(28,29)21-15-9-4-10-16-21/h2-17,22,24H,18H2,1H3. The zero-order valence-electron chi connectivity index (χ0n) is 17.0. The van der Waals surface area contributed by atoms with Crippen molar-refractivity contribution in [3.63, 3.8) is 0 Å². The van der Waals surface area contributed by atoms with Gasteiger partial charge >= 0.3 is 0 Å². The van der Waals surface area contributed by atoms with Crippen molar-refractivity contribution in [2.24, 2.45) is 0 Å². The van der Waals surface area contributed by atoms with Gasteiger partial charge in [0.25, 0.3) is 0 Å². The van der Waals surface area contributed by atoms with Crippen LogP contribution in [0.4, 0.5) is 0 Å². The Kier molecular flexibility index (Phi) is 5.83. The van der Waals surface area contributed by atoms with Crippen LogP contribution in [0.25, 0.3) is 0 Å². The van der Waals surface area contributed by atoms with E-state index in [1.165, 1.54) is 30.3 Å². The topological polar surface area (TPSA) is 71.5 Å². The maximum Gasteiger partial charge on any atom is 0.204 e. The van der Waals surface area contributed by atoms with E-state index in [1.807, 2.05) is 30.3 Å². The van der Waals surface area contributed by atoms with Crippen LogP contribution in [-0.2, 0) is 19.7 Å². The quantitative estimate of drug-likeness (QED) is 0.586. The maximum absolute atomic E-state index is 13.6. The number of hydrogen-bond donors (Lipinski definition) is 0. The molecule has 0 fully saturated rings. The van der Waals surface area contributed by atoms with Gasteiger partial charge in [-0.3, -0.25) is 4.90 Å². The summed E-state index contributed by atoms with van der Waals surface area (Å²) in [4.78, 5) is 2.21. The molecule has 0 aromatic heterocycles. The molecule has 0 radical (unpaired) electrons. The summed E-state index contributed by atoms with van der Waals surface area (Å²) in [7, 11) is -5.91. The van der Waals surface area contributed by atoms with Crippen LogP contribution in [0.1, 0.15) is 11.6 Å². The summed E-state index contributed by atoms with van der Waals surface area (Å²) in [5.41, 5.74) is 0.798. The van der Waals surface area contributed by atoms with Crippen molar-refractivity contribution < 1.29 is 16.8 Å². The van der Waals surface area contributed by atoms with Crippen LogP contribution in [-0.4, -0.2) is 40.6 Å². The van der Waals surface area contributed by atoms with Gasteiger partial charge in [-0.2, -0.15) is 0 Å². The Balaban J connectivity index is 1.90. The van der Waals surface area contributed by atoms with Gasteiger partial charge in [0.1, 0.15) is 0 Å². The van der Waals surface area contributed by atoms with E-state index in [9.17, 15) is 16.8 Å². The molecular formula is C24H23NO4S2. The van der Waals surface area contributed by atoms with Crippen LogP contribution in [0.5, 0.6) is 0 Å². The monoisotopic (exact) mass is 453 g/mol.